The van der Waals surface area contributed by atoms with E-state index in [0.29, 0.717) is 16.3 Å². The van der Waals surface area contributed by atoms with E-state index >= 15 is 0 Å². The van der Waals surface area contributed by atoms with E-state index < -0.39 is 10.0 Å². The fraction of sp³-hybridized carbons (Fsp3) is 0.0417. The quantitative estimate of drug-likeness (QED) is 0.420. The summed E-state index contributed by atoms with van der Waals surface area (Å²) in [5.41, 5.74) is 2.89. The van der Waals surface area contributed by atoms with E-state index in [9.17, 15) is 13.2 Å². The third-order valence-electron chi connectivity index (χ3n) is 5.20. The number of sulfonamides is 1. The number of fused-ring (bicyclic) bond motifs is 1. The second-order valence-electron chi connectivity index (χ2n) is 7.41. The second-order valence-corrected chi connectivity index (χ2v) is 10.0. The number of rotatable bonds is 5. The summed E-state index contributed by atoms with van der Waals surface area (Å²) in [6.45, 7) is 0. The minimum atomic E-state index is -4.04. The zero-order valence-corrected chi connectivity index (χ0v) is 19.5. The van der Waals surface area contributed by atoms with Crippen molar-refractivity contribution in [3.63, 3.8) is 0 Å². The largest absolute Gasteiger partial charge is 0.288 e. The van der Waals surface area contributed by atoms with Gasteiger partial charge in [-0.05, 0) is 51.5 Å². The Bertz CT molecular complexity index is 1560. The number of allylic oxidation sites excluding steroid dienone is 2. The van der Waals surface area contributed by atoms with Crippen LogP contribution in [0.2, 0.25) is 0 Å². The number of thioether (sulfide) groups is 1. The maximum absolute atomic E-state index is 13.2. The van der Waals surface area contributed by atoms with Crippen molar-refractivity contribution in [2.75, 3.05) is 0 Å². The number of ketones is 1. The summed E-state index contributed by atoms with van der Waals surface area (Å²) >= 11 is 1.06. The fourth-order valence-corrected chi connectivity index (χ4v) is 5.31. The standard InChI is InChI=1S/C24H17N5O3S2/c1-29-24(25-27-28-29)33-22-15-21(19-9-5-6-10-20(19)23(22)30)26-34(31,32)18-13-11-17(12-14-18)16-7-3-2-4-8-16/h2-15H,1H3. The van der Waals surface area contributed by atoms with Crippen molar-refractivity contribution in [1.29, 1.82) is 0 Å². The minimum absolute atomic E-state index is 0.0640. The van der Waals surface area contributed by atoms with E-state index in [1.54, 1.807) is 43.4 Å². The first-order valence-electron chi connectivity index (χ1n) is 10.2. The van der Waals surface area contributed by atoms with Gasteiger partial charge in [-0.2, -0.15) is 12.8 Å². The molecule has 0 radical (unpaired) electrons. The summed E-state index contributed by atoms with van der Waals surface area (Å²) in [5.74, 6) is -0.243. The van der Waals surface area contributed by atoms with Gasteiger partial charge in [0, 0.05) is 18.2 Å². The van der Waals surface area contributed by atoms with E-state index in [4.69, 9.17) is 0 Å². The van der Waals surface area contributed by atoms with Crippen LogP contribution in [0.5, 0.6) is 0 Å². The first kappa shape index (κ1) is 21.9. The molecule has 0 amide bonds. The van der Waals surface area contributed by atoms with Crippen molar-refractivity contribution >= 4 is 33.3 Å². The number of Topliss-reactive ketones (excluding diaryl/α,β-unsaturated/α-hetero) is 1. The zero-order chi connectivity index (χ0) is 23.7. The highest BCUT2D eigenvalue weighted by atomic mass is 32.2. The molecule has 168 valence electrons. The molecule has 0 aliphatic heterocycles. The molecule has 0 saturated heterocycles. The van der Waals surface area contributed by atoms with Gasteiger partial charge in [0.1, 0.15) is 0 Å². The van der Waals surface area contributed by atoms with Crippen molar-refractivity contribution < 1.29 is 13.2 Å². The van der Waals surface area contributed by atoms with Gasteiger partial charge in [-0.25, -0.2) is 4.68 Å². The van der Waals surface area contributed by atoms with Crippen LogP contribution < -0.4 is 0 Å². The third kappa shape index (κ3) is 4.20. The topological polar surface area (TPSA) is 107 Å². The van der Waals surface area contributed by atoms with E-state index in [1.807, 2.05) is 30.3 Å². The molecule has 3 aromatic carbocycles. The Morgan fingerprint density at radius 1 is 0.853 bits per heavy atom. The molecular weight excluding hydrogens is 470 g/mol. The second kappa shape index (κ2) is 8.81. The summed E-state index contributed by atoms with van der Waals surface area (Å²) in [5, 5.41) is 11.6. The zero-order valence-electron chi connectivity index (χ0n) is 17.9. The number of hydrogen-bond acceptors (Lipinski definition) is 7. The monoisotopic (exact) mass is 487 g/mol. The van der Waals surface area contributed by atoms with Gasteiger partial charge in [-0.15, -0.1) is 5.10 Å². The molecule has 4 aromatic rings. The molecular formula is C24H17N5O3S2. The molecule has 0 bridgehead atoms. The lowest BCUT2D eigenvalue weighted by Gasteiger charge is -2.16. The summed E-state index contributed by atoms with van der Waals surface area (Å²) in [6.07, 6.45) is 1.47. The van der Waals surface area contributed by atoms with Gasteiger partial charge >= 0.3 is 0 Å². The lowest BCUT2D eigenvalue weighted by atomic mass is 9.94. The molecule has 1 heterocycles. The maximum atomic E-state index is 13.2. The smallest absolute Gasteiger partial charge is 0.282 e. The van der Waals surface area contributed by atoms with E-state index in [2.05, 4.69) is 19.9 Å². The van der Waals surface area contributed by atoms with E-state index in [1.165, 1.54) is 22.9 Å². The molecule has 1 aromatic heterocycles. The summed E-state index contributed by atoms with van der Waals surface area (Å²) in [6, 6.07) is 23.0. The SMILES string of the molecule is Cn1nnnc1SC1=CC(=NS(=O)(=O)c2ccc(-c3ccccc3)cc2)c2ccccc2C1=O. The Hall–Kier alpha value is -3.89. The predicted molar refractivity (Wildman–Crippen MR) is 129 cm³/mol. The van der Waals surface area contributed by atoms with Gasteiger partial charge in [0.15, 0.2) is 0 Å². The van der Waals surface area contributed by atoms with Crippen LogP contribution in [0.15, 0.2) is 104 Å². The first-order chi connectivity index (χ1) is 16.4. The van der Waals surface area contributed by atoms with Crippen LogP contribution in [-0.4, -0.2) is 40.1 Å². The summed E-state index contributed by atoms with van der Waals surface area (Å²) in [4.78, 5) is 13.4. The molecule has 0 N–H and O–H groups in total. The van der Waals surface area contributed by atoms with Gasteiger partial charge in [0.2, 0.25) is 10.9 Å². The normalized spacial score (nSPS) is 14.7. The van der Waals surface area contributed by atoms with Crippen molar-refractivity contribution in [2.45, 2.75) is 10.1 Å². The average Bonchev–Trinajstić information content (AvgIpc) is 3.27. The maximum Gasteiger partial charge on any atom is 0.282 e. The van der Waals surface area contributed by atoms with Gasteiger partial charge in [-0.1, -0.05) is 66.7 Å². The molecule has 0 atom stereocenters. The van der Waals surface area contributed by atoms with Crippen LogP contribution in [0, 0.1) is 0 Å². The molecule has 0 unspecified atom stereocenters. The Labute approximate surface area is 200 Å². The van der Waals surface area contributed by atoms with E-state index in [-0.39, 0.29) is 21.3 Å². The molecule has 0 fully saturated rings. The number of aryl methyl sites for hydroxylation is 1. The van der Waals surface area contributed by atoms with Gasteiger partial charge in [0.25, 0.3) is 10.0 Å². The van der Waals surface area contributed by atoms with Crippen LogP contribution >= 0.6 is 11.8 Å². The van der Waals surface area contributed by atoms with Gasteiger partial charge in [-0.3, -0.25) is 4.79 Å². The van der Waals surface area contributed by atoms with Crippen LogP contribution in [0.3, 0.4) is 0 Å². The van der Waals surface area contributed by atoms with Crippen LogP contribution in [0.4, 0.5) is 0 Å². The fourth-order valence-electron chi connectivity index (χ4n) is 3.49. The predicted octanol–water partition coefficient (Wildman–Crippen LogP) is 3.93. The molecule has 1 aliphatic carbocycles. The summed E-state index contributed by atoms with van der Waals surface area (Å²) < 4.78 is 31.9. The number of tetrazole rings is 1. The number of benzene rings is 3. The van der Waals surface area contributed by atoms with Crippen LogP contribution in [0.25, 0.3) is 11.1 Å². The number of hydrogen-bond donors (Lipinski definition) is 0. The number of carbonyl (C=O) groups excluding carboxylic acids is 1. The molecule has 5 rings (SSSR count). The van der Waals surface area contributed by atoms with Gasteiger partial charge in [0.05, 0.1) is 15.5 Å². The Kier molecular flexibility index (Phi) is 5.68. The van der Waals surface area contributed by atoms with Crippen LogP contribution in [0.1, 0.15) is 15.9 Å². The average molecular weight is 488 g/mol. The first-order valence-corrected chi connectivity index (χ1v) is 12.4. The Morgan fingerprint density at radius 2 is 1.50 bits per heavy atom. The van der Waals surface area contributed by atoms with Crippen molar-refractivity contribution in [3.8, 4) is 11.1 Å². The lowest BCUT2D eigenvalue weighted by Crippen LogP contribution is -2.17. The highest BCUT2D eigenvalue weighted by molar-refractivity contribution is 8.04. The highest BCUT2D eigenvalue weighted by Crippen LogP contribution is 2.33. The van der Waals surface area contributed by atoms with Crippen LogP contribution in [-0.2, 0) is 17.1 Å². The molecule has 0 saturated carbocycles. The van der Waals surface area contributed by atoms with Crippen molar-refractivity contribution in [1.82, 2.24) is 20.2 Å². The molecule has 0 spiro atoms. The highest BCUT2D eigenvalue weighted by Gasteiger charge is 2.27. The summed E-state index contributed by atoms with van der Waals surface area (Å²) in [7, 11) is -2.38. The molecule has 8 nitrogen and oxygen atoms in total. The molecule has 34 heavy (non-hydrogen) atoms. The van der Waals surface area contributed by atoms with Crippen molar-refractivity contribution in [3.05, 3.63) is 101 Å². The molecule has 1 aliphatic rings. The Morgan fingerprint density at radius 3 is 2.18 bits per heavy atom. The third-order valence-corrected chi connectivity index (χ3v) is 7.56. The van der Waals surface area contributed by atoms with E-state index in [0.717, 1.165) is 22.9 Å². The van der Waals surface area contributed by atoms with Gasteiger partial charge < -0.3 is 0 Å². The Balaban J connectivity index is 1.54. The lowest BCUT2D eigenvalue weighted by molar-refractivity contribution is 0.104. The number of aromatic nitrogens is 4. The van der Waals surface area contributed by atoms with Crippen molar-refractivity contribution in [2.24, 2.45) is 11.4 Å². The molecule has 10 heteroatoms. The minimum Gasteiger partial charge on any atom is -0.288 e. The number of nitrogens with zero attached hydrogens (tertiary/aromatic N) is 5. The number of carbonyl (C=O) groups is 1.